The zero-order valence-electron chi connectivity index (χ0n) is 14.4. The Morgan fingerprint density at radius 2 is 2.19 bits per heavy atom. The predicted molar refractivity (Wildman–Crippen MR) is 99.1 cm³/mol. The van der Waals surface area contributed by atoms with Crippen LogP contribution in [0.4, 0.5) is 0 Å². The first-order chi connectivity index (χ1) is 12.6. The highest BCUT2D eigenvalue weighted by atomic mass is 35.5. The van der Waals surface area contributed by atoms with Gasteiger partial charge in [0.2, 0.25) is 12.7 Å². The molecule has 1 aliphatic carbocycles. The smallest absolute Gasteiger partial charge is 0.247 e. The Morgan fingerprint density at radius 1 is 1.35 bits per heavy atom. The molecule has 1 fully saturated rings. The number of aromatic nitrogens is 1. The quantitative estimate of drug-likeness (QED) is 0.739. The standard InChI is InChI=1S/C20H19ClN2O3/c1-13(17-4-2-3-9-22-17)23(15-6-7-15)19(24)8-5-14-10-16(21)20-18(11-14)25-12-26-20/h2-5,8-11,13,15H,6-7,12H2,1H3/b8-5+. The molecule has 134 valence electrons. The number of hydrogen-bond donors (Lipinski definition) is 0. The topological polar surface area (TPSA) is 51.7 Å². The summed E-state index contributed by atoms with van der Waals surface area (Å²) in [5.74, 6) is 1.13. The van der Waals surface area contributed by atoms with E-state index in [1.807, 2.05) is 36.1 Å². The monoisotopic (exact) mass is 370 g/mol. The van der Waals surface area contributed by atoms with Gasteiger partial charge in [0.05, 0.1) is 16.8 Å². The third-order valence-electron chi connectivity index (χ3n) is 4.60. The Kier molecular flexibility index (Phi) is 4.55. The molecule has 1 amide bonds. The van der Waals surface area contributed by atoms with Crippen LogP contribution in [0, 0.1) is 0 Å². The summed E-state index contributed by atoms with van der Waals surface area (Å²) in [6.07, 6.45) is 7.17. The molecule has 2 heterocycles. The minimum Gasteiger partial charge on any atom is -0.454 e. The van der Waals surface area contributed by atoms with Crippen LogP contribution in [-0.4, -0.2) is 28.6 Å². The van der Waals surface area contributed by atoms with Crippen molar-refractivity contribution in [3.63, 3.8) is 0 Å². The van der Waals surface area contributed by atoms with Crippen LogP contribution in [0.5, 0.6) is 11.5 Å². The summed E-state index contributed by atoms with van der Waals surface area (Å²) in [4.78, 5) is 19.2. The van der Waals surface area contributed by atoms with Crippen molar-refractivity contribution in [1.82, 2.24) is 9.88 Å². The highest BCUT2D eigenvalue weighted by Gasteiger charge is 2.35. The van der Waals surface area contributed by atoms with Crippen LogP contribution in [0.15, 0.2) is 42.6 Å². The van der Waals surface area contributed by atoms with Crippen molar-refractivity contribution < 1.29 is 14.3 Å². The Labute approximate surface area is 157 Å². The number of carbonyl (C=O) groups excluding carboxylic acids is 1. The maximum Gasteiger partial charge on any atom is 0.247 e. The second-order valence-electron chi connectivity index (χ2n) is 6.48. The third-order valence-corrected chi connectivity index (χ3v) is 4.88. The van der Waals surface area contributed by atoms with Gasteiger partial charge in [-0.05, 0) is 55.7 Å². The lowest BCUT2D eigenvalue weighted by Gasteiger charge is -2.28. The molecule has 0 bridgehead atoms. The van der Waals surface area contributed by atoms with Crippen molar-refractivity contribution in [1.29, 1.82) is 0 Å². The molecule has 4 rings (SSSR count). The van der Waals surface area contributed by atoms with Crippen molar-refractivity contribution in [2.75, 3.05) is 6.79 Å². The van der Waals surface area contributed by atoms with Crippen LogP contribution in [0.25, 0.3) is 6.08 Å². The van der Waals surface area contributed by atoms with Crippen molar-refractivity contribution in [3.8, 4) is 11.5 Å². The summed E-state index contributed by atoms with van der Waals surface area (Å²) >= 11 is 6.20. The van der Waals surface area contributed by atoms with Gasteiger partial charge in [-0.3, -0.25) is 9.78 Å². The molecule has 2 aliphatic rings. The van der Waals surface area contributed by atoms with Crippen molar-refractivity contribution in [3.05, 3.63) is 58.9 Å². The molecule has 5 nitrogen and oxygen atoms in total. The fourth-order valence-corrected chi connectivity index (χ4v) is 3.42. The first kappa shape index (κ1) is 16.9. The first-order valence-electron chi connectivity index (χ1n) is 8.64. The van der Waals surface area contributed by atoms with Gasteiger partial charge >= 0.3 is 0 Å². The predicted octanol–water partition coefficient (Wildman–Crippen LogP) is 4.23. The molecule has 1 aromatic carbocycles. The molecule has 0 saturated heterocycles. The Morgan fingerprint density at radius 3 is 2.92 bits per heavy atom. The lowest BCUT2D eigenvalue weighted by molar-refractivity contribution is -0.128. The first-order valence-corrected chi connectivity index (χ1v) is 9.02. The second kappa shape index (κ2) is 7.00. The van der Waals surface area contributed by atoms with E-state index in [4.69, 9.17) is 21.1 Å². The van der Waals surface area contributed by atoms with E-state index in [1.54, 1.807) is 24.4 Å². The summed E-state index contributed by atoms with van der Waals surface area (Å²) in [5, 5.41) is 0.480. The van der Waals surface area contributed by atoms with E-state index in [2.05, 4.69) is 4.98 Å². The van der Waals surface area contributed by atoms with E-state index >= 15 is 0 Å². The minimum absolute atomic E-state index is 0.0283. The lowest BCUT2D eigenvalue weighted by atomic mass is 10.1. The highest BCUT2D eigenvalue weighted by molar-refractivity contribution is 6.32. The van der Waals surface area contributed by atoms with Crippen LogP contribution in [-0.2, 0) is 4.79 Å². The van der Waals surface area contributed by atoms with Crippen LogP contribution >= 0.6 is 11.6 Å². The van der Waals surface area contributed by atoms with Gasteiger partial charge in [0, 0.05) is 18.3 Å². The summed E-state index contributed by atoms with van der Waals surface area (Å²) < 4.78 is 10.7. The summed E-state index contributed by atoms with van der Waals surface area (Å²) in [6, 6.07) is 9.58. The normalized spacial score (nSPS) is 16.7. The van der Waals surface area contributed by atoms with E-state index in [0.717, 1.165) is 24.1 Å². The minimum atomic E-state index is -0.0683. The number of pyridine rings is 1. The van der Waals surface area contributed by atoms with Gasteiger partial charge in [-0.2, -0.15) is 0 Å². The van der Waals surface area contributed by atoms with Crippen LogP contribution < -0.4 is 9.47 Å². The number of ether oxygens (including phenoxy) is 2. The summed E-state index contributed by atoms with van der Waals surface area (Å²) in [7, 11) is 0. The zero-order valence-corrected chi connectivity index (χ0v) is 15.1. The Bertz CT molecular complexity index is 850. The molecule has 1 aliphatic heterocycles. The molecule has 0 spiro atoms. The molecule has 1 saturated carbocycles. The van der Waals surface area contributed by atoms with Gasteiger partial charge in [-0.15, -0.1) is 0 Å². The largest absolute Gasteiger partial charge is 0.454 e. The number of rotatable bonds is 5. The van der Waals surface area contributed by atoms with Crippen LogP contribution in [0.2, 0.25) is 5.02 Å². The molecule has 0 radical (unpaired) electrons. The third kappa shape index (κ3) is 3.40. The average Bonchev–Trinajstić information content (AvgIpc) is 3.36. The van der Waals surface area contributed by atoms with E-state index in [0.29, 0.717) is 16.5 Å². The number of nitrogens with zero attached hydrogens (tertiary/aromatic N) is 2. The number of fused-ring (bicyclic) bond motifs is 1. The molecule has 6 heteroatoms. The van der Waals surface area contributed by atoms with Gasteiger partial charge in [-0.25, -0.2) is 0 Å². The van der Waals surface area contributed by atoms with Crippen molar-refractivity contribution >= 4 is 23.6 Å². The number of halogens is 1. The van der Waals surface area contributed by atoms with Crippen LogP contribution in [0.3, 0.4) is 0 Å². The van der Waals surface area contributed by atoms with E-state index in [1.165, 1.54) is 0 Å². The maximum absolute atomic E-state index is 12.9. The van der Waals surface area contributed by atoms with Gasteiger partial charge < -0.3 is 14.4 Å². The van der Waals surface area contributed by atoms with Crippen molar-refractivity contribution in [2.45, 2.75) is 31.8 Å². The van der Waals surface area contributed by atoms with E-state index < -0.39 is 0 Å². The molecule has 1 aromatic heterocycles. The van der Waals surface area contributed by atoms with Crippen LogP contribution in [0.1, 0.15) is 37.1 Å². The maximum atomic E-state index is 12.9. The lowest BCUT2D eigenvalue weighted by Crippen LogP contribution is -2.34. The zero-order chi connectivity index (χ0) is 18.1. The summed E-state index contributed by atoms with van der Waals surface area (Å²) in [6.45, 7) is 2.18. The molecule has 1 atom stereocenters. The van der Waals surface area contributed by atoms with Crippen molar-refractivity contribution in [2.24, 2.45) is 0 Å². The van der Waals surface area contributed by atoms with Gasteiger partial charge in [-0.1, -0.05) is 17.7 Å². The number of carbonyl (C=O) groups is 1. The summed E-state index contributed by atoms with van der Waals surface area (Å²) in [5.41, 5.74) is 1.70. The average molecular weight is 371 g/mol. The highest BCUT2D eigenvalue weighted by Crippen LogP contribution is 2.40. The molecule has 1 unspecified atom stereocenters. The molecule has 0 N–H and O–H groups in total. The number of amides is 1. The molecular weight excluding hydrogens is 352 g/mol. The number of hydrogen-bond acceptors (Lipinski definition) is 4. The Balaban J connectivity index is 1.54. The Hall–Kier alpha value is -2.53. The molecular formula is C20H19ClN2O3. The fourth-order valence-electron chi connectivity index (χ4n) is 3.14. The van der Waals surface area contributed by atoms with Gasteiger partial charge in [0.25, 0.3) is 0 Å². The van der Waals surface area contributed by atoms with E-state index in [-0.39, 0.29) is 24.8 Å². The van der Waals surface area contributed by atoms with Gasteiger partial charge in [0.1, 0.15) is 0 Å². The fraction of sp³-hybridized carbons (Fsp3) is 0.300. The molecule has 2 aromatic rings. The SMILES string of the molecule is CC(c1ccccn1)N(C(=O)/C=C/c1cc(Cl)c2c(c1)OCO2)C1CC1. The van der Waals surface area contributed by atoms with E-state index in [9.17, 15) is 4.79 Å². The van der Waals surface area contributed by atoms with Gasteiger partial charge in [0.15, 0.2) is 11.5 Å². The number of benzene rings is 1. The molecule has 26 heavy (non-hydrogen) atoms. The second-order valence-corrected chi connectivity index (χ2v) is 6.88.